The van der Waals surface area contributed by atoms with E-state index in [9.17, 15) is 9.59 Å². The SMILES string of the molecule is CCOC(=O)c1c(-c2ccccc2)csc1NC(=O)CN1CCN(c2ccccc2OCC)CC1. The molecule has 0 bridgehead atoms. The van der Waals surface area contributed by atoms with Crippen LogP contribution in [0.25, 0.3) is 11.1 Å². The lowest BCUT2D eigenvalue weighted by Gasteiger charge is -2.36. The Morgan fingerprint density at radius 2 is 1.66 bits per heavy atom. The van der Waals surface area contributed by atoms with E-state index in [2.05, 4.69) is 21.2 Å². The van der Waals surface area contributed by atoms with E-state index in [4.69, 9.17) is 9.47 Å². The number of nitrogens with one attached hydrogen (secondary N) is 1. The van der Waals surface area contributed by atoms with Crippen LogP contribution in [0.4, 0.5) is 10.7 Å². The third-order valence-electron chi connectivity index (χ3n) is 5.85. The predicted molar refractivity (Wildman–Crippen MR) is 141 cm³/mol. The Kier molecular flexibility index (Phi) is 8.39. The predicted octanol–water partition coefficient (Wildman–Crippen LogP) is 4.75. The zero-order chi connectivity index (χ0) is 24.6. The van der Waals surface area contributed by atoms with E-state index >= 15 is 0 Å². The van der Waals surface area contributed by atoms with Gasteiger partial charge < -0.3 is 19.7 Å². The largest absolute Gasteiger partial charge is 0.492 e. The van der Waals surface area contributed by atoms with E-state index in [0.29, 0.717) is 17.2 Å². The second kappa shape index (κ2) is 11.9. The van der Waals surface area contributed by atoms with Crippen molar-refractivity contribution in [3.05, 3.63) is 65.5 Å². The molecule has 3 aromatic rings. The van der Waals surface area contributed by atoms with Crippen molar-refractivity contribution in [2.45, 2.75) is 13.8 Å². The zero-order valence-corrected chi connectivity index (χ0v) is 21.0. The first kappa shape index (κ1) is 24.8. The Labute approximate surface area is 210 Å². The maximum atomic E-state index is 12.9. The molecule has 1 N–H and O–H groups in total. The van der Waals surface area contributed by atoms with Crippen LogP contribution >= 0.6 is 11.3 Å². The number of hydrogen-bond acceptors (Lipinski definition) is 7. The number of piperazine rings is 1. The van der Waals surface area contributed by atoms with E-state index in [1.54, 1.807) is 6.92 Å². The number of hydrogen-bond donors (Lipinski definition) is 1. The molecule has 0 radical (unpaired) electrons. The van der Waals surface area contributed by atoms with Crippen molar-refractivity contribution in [2.24, 2.45) is 0 Å². The minimum atomic E-state index is -0.426. The van der Waals surface area contributed by atoms with Gasteiger partial charge in [-0.25, -0.2) is 4.79 Å². The lowest BCUT2D eigenvalue weighted by Crippen LogP contribution is -2.48. The van der Waals surface area contributed by atoms with Crippen LogP contribution in [0, 0.1) is 0 Å². The lowest BCUT2D eigenvalue weighted by atomic mass is 10.0. The van der Waals surface area contributed by atoms with Crippen LogP contribution in [0.3, 0.4) is 0 Å². The maximum absolute atomic E-state index is 12.9. The number of carbonyl (C=O) groups excluding carboxylic acids is 2. The van der Waals surface area contributed by atoms with Crippen LogP contribution in [0.5, 0.6) is 5.75 Å². The van der Waals surface area contributed by atoms with Crippen molar-refractivity contribution in [3.8, 4) is 16.9 Å². The molecule has 1 aromatic heterocycles. The smallest absolute Gasteiger partial charge is 0.341 e. The molecule has 4 rings (SSSR count). The highest BCUT2D eigenvalue weighted by Gasteiger charge is 2.25. The number of ether oxygens (including phenoxy) is 2. The number of thiophene rings is 1. The van der Waals surface area contributed by atoms with E-state index < -0.39 is 5.97 Å². The number of amides is 1. The molecule has 184 valence electrons. The number of esters is 1. The summed E-state index contributed by atoms with van der Waals surface area (Å²) in [6.45, 7) is 8.06. The van der Waals surface area contributed by atoms with Gasteiger partial charge in [0.25, 0.3) is 0 Å². The monoisotopic (exact) mass is 493 g/mol. The highest BCUT2D eigenvalue weighted by atomic mass is 32.1. The summed E-state index contributed by atoms with van der Waals surface area (Å²) >= 11 is 1.35. The molecule has 0 atom stereocenters. The van der Waals surface area contributed by atoms with Gasteiger partial charge in [0.05, 0.1) is 25.4 Å². The van der Waals surface area contributed by atoms with E-state index in [0.717, 1.165) is 48.7 Å². The van der Waals surface area contributed by atoms with Gasteiger partial charge in [-0.3, -0.25) is 9.69 Å². The second-order valence-electron chi connectivity index (χ2n) is 8.15. The molecule has 8 heteroatoms. The highest BCUT2D eigenvalue weighted by molar-refractivity contribution is 7.15. The van der Waals surface area contributed by atoms with Gasteiger partial charge in [0, 0.05) is 37.1 Å². The number of carbonyl (C=O) groups is 2. The molecule has 1 aliphatic heterocycles. The molecule has 0 saturated carbocycles. The quantitative estimate of drug-likeness (QED) is 0.434. The first-order valence-electron chi connectivity index (χ1n) is 11.9. The Morgan fingerprint density at radius 3 is 2.37 bits per heavy atom. The molecule has 0 spiro atoms. The van der Waals surface area contributed by atoms with Gasteiger partial charge in [0.1, 0.15) is 16.3 Å². The molecule has 1 amide bonds. The maximum Gasteiger partial charge on any atom is 0.341 e. The molecule has 0 aliphatic carbocycles. The number of anilines is 2. The molecule has 2 aromatic carbocycles. The van der Waals surface area contributed by atoms with Gasteiger partial charge >= 0.3 is 5.97 Å². The number of benzene rings is 2. The fourth-order valence-electron chi connectivity index (χ4n) is 4.20. The van der Waals surface area contributed by atoms with Gasteiger partial charge in [-0.2, -0.15) is 0 Å². The number of para-hydroxylation sites is 2. The molecule has 2 heterocycles. The second-order valence-corrected chi connectivity index (χ2v) is 9.03. The number of rotatable bonds is 9. The summed E-state index contributed by atoms with van der Waals surface area (Å²) in [7, 11) is 0. The highest BCUT2D eigenvalue weighted by Crippen LogP contribution is 2.36. The van der Waals surface area contributed by atoms with Gasteiger partial charge in [0.2, 0.25) is 5.91 Å². The van der Waals surface area contributed by atoms with Crippen LogP contribution in [0.1, 0.15) is 24.2 Å². The molecule has 35 heavy (non-hydrogen) atoms. The topological polar surface area (TPSA) is 71.1 Å². The lowest BCUT2D eigenvalue weighted by molar-refractivity contribution is -0.117. The van der Waals surface area contributed by atoms with Crippen molar-refractivity contribution < 1.29 is 19.1 Å². The van der Waals surface area contributed by atoms with Crippen LogP contribution < -0.4 is 15.0 Å². The normalized spacial score (nSPS) is 13.9. The summed E-state index contributed by atoms with van der Waals surface area (Å²) in [5.74, 6) is 0.323. The Balaban J connectivity index is 1.40. The molecule has 0 unspecified atom stereocenters. The Morgan fingerprint density at radius 1 is 0.943 bits per heavy atom. The van der Waals surface area contributed by atoms with E-state index in [1.807, 2.05) is 60.8 Å². The number of nitrogens with zero attached hydrogens (tertiary/aromatic N) is 2. The summed E-state index contributed by atoms with van der Waals surface area (Å²) in [5.41, 5.74) is 3.18. The first-order chi connectivity index (χ1) is 17.1. The fourth-order valence-corrected chi connectivity index (χ4v) is 5.17. The average molecular weight is 494 g/mol. The van der Waals surface area contributed by atoms with E-state index in [1.165, 1.54) is 11.3 Å². The fraction of sp³-hybridized carbons (Fsp3) is 0.333. The minimum Gasteiger partial charge on any atom is -0.492 e. The van der Waals surface area contributed by atoms with Crippen molar-refractivity contribution in [1.29, 1.82) is 0 Å². The first-order valence-corrected chi connectivity index (χ1v) is 12.8. The van der Waals surface area contributed by atoms with Crippen molar-refractivity contribution in [1.82, 2.24) is 4.90 Å². The van der Waals surface area contributed by atoms with E-state index in [-0.39, 0.29) is 19.1 Å². The molecular weight excluding hydrogens is 462 g/mol. The van der Waals surface area contributed by atoms with Crippen LogP contribution in [-0.4, -0.2) is 62.7 Å². The Bertz CT molecular complexity index is 1140. The summed E-state index contributed by atoms with van der Waals surface area (Å²) in [4.78, 5) is 30.1. The Hall–Kier alpha value is -3.36. The van der Waals surface area contributed by atoms with Gasteiger partial charge in [-0.15, -0.1) is 11.3 Å². The van der Waals surface area contributed by atoms with Crippen LogP contribution in [0.15, 0.2) is 60.0 Å². The molecule has 7 nitrogen and oxygen atoms in total. The zero-order valence-electron chi connectivity index (χ0n) is 20.2. The van der Waals surface area contributed by atoms with Gasteiger partial charge in [0.15, 0.2) is 0 Å². The van der Waals surface area contributed by atoms with Crippen LogP contribution in [-0.2, 0) is 9.53 Å². The third-order valence-corrected chi connectivity index (χ3v) is 6.75. The summed E-state index contributed by atoms with van der Waals surface area (Å²) in [6.07, 6.45) is 0. The van der Waals surface area contributed by atoms with Crippen molar-refractivity contribution in [2.75, 3.05) is 56.2 Å². The standard InChI is InChI=1S/C27H31N3O4S/c1-3-33-23-13-9-8-12-22(23)30-16-14-29(15-17-30)18-24(31)28-26-25(27(32)34-4-2)21(19-35-26)20-10-6-5-7-11-20/h5-13,19H,3-4,14-18H2,1-2H3,(H,28,31). The minimum absolute atomic E-state index is 0.139. The summed E-state index contributed by atoms with van der Waals surface area (Å²) in [5, 5.41) is 5.38. The molecule has 1 saturated heterocycles. The molecule has 1 aliphatic rings. The van der Waals surface area contributed by atoms with Gasteiger partial charge in [-0.05, 0) is 31.5 Å². The summed E-state index contributed by atoms with van der Waals surface area (Å²) < 4.78 is 11.1. The van der Waals surface area contributed by atoms with Crippen molar-refractivity contribution >= 4 is 33.9 Å². The van der Waals surface area contributed by atoms with Crippen LogP contribution in [0.2, 0.25) is 0 Å². The van der Waals surface area contributed by atoms with Crippen molar-refractivity contribution in [3.63, 3.8) is 0 Å². The third kappa shape index (κ3) is 6.01. The van der Waals surface area contributed by atoms with Gasteiger partial charge in [-0.1, -0.05) is 42.5 Å². The summed E-state index contributed by atoms with van der Waals surface area (Å²) in [6, 6.07) is 17.7. The molecular formula is C27H31N3O4S. The average Bonchev–Trinajstić information content (AvgIpc) is 3.29. The molecule has 1 fully saturated rings.